The number of aromatic nitrogens is 5. The lowest BCUT2D eigenvalue weighted by molar-refractivity contribution is 0.402. The molecule has 0 amide bonds. The van der Waals surface area contributed by atoms with E-state index in [-0.39, 0.29) is 0 Å². The van der Waals surface area contributed by atoms with Crippen molar-refractivity contribution in [2.45, 2.75) is 19.3 Å². The number of aromatic amines is 2. The quantitative estimate of drug-likeness (QED) is 0.532. The van der Waals surface area contributed by atoms with Crippen LogP contribution in [0.15, 0.2) is 23.3 Å². The highest BCUT2D eigenvalue weighted by Crippen LogP contribution is 2.29. The van der Waals surface area contributed by atoms with Gasteiger partial charge >= 0.3 is 0 Å². The molecular weight excluding hydrogens is 352 g/mol. The van der Waals surface area contributed by atoms with Crippen molar-refractivity contribution in [1.82, 2.24) is 25.1 Å². The molecule has 2 heterocycles. The fourth-order valence-corrected chi connectivity index (χ4v) is 3.30. The van der Waals surface area contributed by atoms with Gasteiger partial charge in [0.25, 0.3) is 0 Å². The van der Waals surface area contributed by atoms with Crippen molar-refractivity contribution in [2.75, 3.05) is 14.2 Å². The summed E-state index contributed by atoms with van der Waals surface area (Å²) in [6.07, 6.45) is 4.78. The van der Waals surface area contributed by atoms with Crippen LogP contribution in [0.4, 0.5) is 0 Å². The van der Waals surface area contributed by atoms with E-state index in [1.165, 1.54) is 11.3 Å². The molecule has 0 saturated heterocycles. The molecule has 26 heavy (non-hydrogen) atoms. The summed E-state index contributed by atoms with van der Waals surface area (Å²) in [5.74, 6) is 1.99. The number of H-pyrrole nitrogens is 2. The Morgan fingerprint density at radius 2 is 2.08 bits per heavy atom. The van der Waals surface area contributed by atoms with E-state index in [0.29, 0.717) is 22.1 Å². The smallest absolute Gasteiger partial charge is 0.216 e. The Kier molecular flexibility index (Phi) is 4.29. The van der Waals surface area contributed by atoms with Crippen molar-refractivity contribution < 1.29 is 9.47 Å². The van der Waals surface area contributed by atoms with Crippen LogP contribution in [0.5, 0.6) is 11.5 Å². The van der Waals surface area contributed by atoms with Gasteiger partial charge in [-0.25, -0.2) is 5.10 Å². The molecule has 0 saturated carbocycles. The molecule has 1 aromatic carbocycles. The fraction of sp³-hybridized carbons (Fsp3) is 0.294. The summed E-state index contributed by atoms with van der Waals surface area (Å²) in [5.41, 5.74) is 3.92. The summed E-state index contributed by atoms with van der Waals surface area (Å²) in [6, 6.07) is 5.51. The molecule has 0 spiro atoms. The predicted octanol–water partition coefficient (Wildman–Crippen LogP) is 2.72. The third-order valence-electron chi connectivity index (χ3n) is 4.42. The maximum atomic E-state index is 5.39. The molecule has 134 valence electrons. The molecule has 1 aliphatic rings. The molecule has 0 bridgehead atoms. The Labute approximate surface area is 154 Å². The van der Waals surface area contributed by atoms with E-state index in [2.05, 4.69) is 25.5 Å². The van der Waals surface area contributed by atoms with Crippen LogP contribution in [0.2, 0.25) is 0 Å². The zero-order valence-corrected chi connectivity index (χ0v) is 15.3. The zero-order valence-electron chi connectivity index (χ0n) is 14.4. The van der Waals surface area contributed by atoms with Crippen molar-refractivity contribution in [1.29, 1.82) is 0 Å². The van der Waals surface area contributed by atoms with Gasteiger partial charge in [0.2, 0.25) is 10.6 Å². The van der Waals surface area contributed by atoms with Gasteiger partial charge in [-0.1, -0.05) is 0 Å². The Morgan fingerprint density at radius 3 is 2.88 bits per heavy atom. The van der Waals surface area contributed by atoms with E-state index in [1.54, 1.807) is 25.1 Å². The fourth-order valence-electron chi connectivity index (χ4n) is 3.12. The average Bonchev–Trinajstić information content (AvgIpc) is 3.36. The number of methoxy groups -OCH3 is 2. The lowest BCUT2D eigenvalue weighted by atomic mass is 10.2. The number of benzene rings is 1. The van der Waals surface area contributed by atoms with Gasteiger partial charge in [-0.2, -0.15) is 20.0 Å². The molecule has 2 aromatic heterocycles. The van der Waals surface area contributed by atoms with Gasteiger partial charge in [-0.15, -0.1) is 0 Å². The van der Waals surface area contributed by atoms with Gasteiger partial charge < -0.3 is 9.47 Å². The third kappa shape index (κ3) is 2.80. The number of rotatable bonds is 5. The number of ether oxygens (including phenoxy) is 2. The maximum absolute atomic E-state index is 5.39. The molecule has 8 nitrogen and oxygen atoms in total. The first-order valence-corrected chi connectivity index (χ1v) is 8.62. The van der Waals surface area contributed by atoms with Crippen LogP contribution in [0.25, 0.3) is 11.5 Å². The lowest BCUT2D eigenvalue weighted by Crippen LogP contribution is -1.98. The molecule has 0 fully saturated rings. The second-order valence-corrected chi connectivity index (χ2v) is 6.29. The average molecular weight is 370 g/mol. The van der Waals surface area contributed by atoms with Crippen molar-refractivity contribution in [2.24, 2.45) is 5.10 Å². The van der Waals surface area contributed by atoms with Gasteiger partial charge in [0.05, 0.1) is 20.4 Å². The topological polar surface area (TPSA) is 93.1 Å². The summed E-state index contributed by atoms with van der Waals surface area (Å²) in [4.78, 5) is 0. The lowest BCUT2D eigenvalue weighted by Gasteiger charge is -2.07. The van der Waals surface area contributed by atoms with Gasteiger partial charge in [-0.3, -0.25) is 5.10 Å². The minimum absolute atomic E-state index is 0.396. The van der Waals surface area contributed by atoms with E-state index in [9.17, 15) is 0 Å². The minimum atomic E-state index is 0.396. The number of fused-ring (bicyclic) bond motifs is 1. The van der Waals surface area contributed by atoms with Crippen LogP contribution < -0.4 is 9.47 Å². The largest absolute Gasteiger partial charge is 0.497 e. The van der Waals surface area contributed by atoms with E-state index < -0.39 is 0 Å². The van der Waals surface area contributed by atoms with E-state index in [1.807, 2.05) is 18.2 Å². The number of hydrogen-bond acceptors (Lipinski definition) is 6. The molecule has 0 aliphatic heterocycles. The molecule has 0 unspecified atom stereocenters. The van der Waals surface area contributed by atoms with Crippen molar-refractivity contribution >= 4 is 18.4 Å². The minimum Gasteiger partial charge on any atom is -0.497 e. The first-order valence-electron chi connectivity index (χ1n) is 8.21. The standard InChI is InChI=1S/C17H18N6O2S/c1-24-11-6-7-14(25-2)10(8-11)9-18-23-16(21-22-17(23)26)15-12-4-3-5-13(12)19-20-15/h6-9H,3-5H2,1-2H3,(H,19,20)(H,22,26)/b18-9-. The predicted molar refractivity (Wildman–Crippen MR) is 99.6 cm³/mol. The molecule has 9 heteroatoms. The normalized spacial score (nSPS) is 13.3. The number of nitrogens with one attached hydrogen (secondary N) is 2. The van der Waals surface area contributed by atoms with Gasteiger partial charge in [0.15, 0.2) is 0 Å². The summed E-state index contributed by atoms with van der Waals surface area (Å²) >= 11 is 5.34. The van der Waals surface area contributed by atoms with Crippen molar-refractivity contribution in [3.8, 4) is 23.0 Å². The molecule has 4 rings (SSSR count). The van der Waals surface area contributed by atoms with Crippen LogP contribution in [-0.4, -0.2) is 45.5 Å². The van der Waals surface area contributed by atoms with Crippen LogP contribution >= 0.6 is 12.2 Å². The summed E-state index contributed by atoms with van der Waals surface area (Å²) in [5, 5.41) is 19.1. The van der Waals surface area contributed by atoms with Crippen molar-refractivity contribution in [3.05, 3.63) is 39.8 Å². The number of nitrogens with zero attached hydrogens (tertiary/aromatic N) is 4. The van der Waals surface area contributed by atoms with E-state index in [0.717, 1.165) is 30.5 Å². The van der Waals surface area contributed by atoms with Crippen molar-refractivity contribution in [3.63, 3.8) is 0 Å². The molecular formula is C17H18N6O2S. The highest BCUT2D eigenvalue weighted by atomic mass is 32.1. The number of aryl methyl sites for hydroxylation is 1. The second-order valence-electron chi connectivity index (χ2n) is 5.90. The van der Waals surface area contributed by atoms with Crippen LogP contribution in [0.3, 0.4) is 0 Å². The zero-order chi connectivity index (χ0) is 18.1. The van der Waals surface area contributed by atoms with Crippen LogP contribution in [0, 0.1) is 4.77 Å². The Bertz CT molecular complexity index is 1030. The summed E-state index contributed by atoms with van der Waals surface area (Å²) < 4.78 is 12.6. The van der Waals surface area contributed by atoms with Crippen LogP contribution in [0.1, 0.15) is 23.2 Å². The van der Waals surface area contributed by atoms with E-state index >= 15 is 0 Å². The Balaban J connectivity index is 1.75. The third-order valence-corrected chi connectivity index (χ3v) is 4.68. The summed E-state index contributed by atoms with van der Waals surface area (Å²) in [7, 11) is 3.23. The molecule has 0 radical (unpaired) electrons. The first-order chi connectivity index (χ1) is 12.7. The molecule has 3 aromatic rings. The SMILES string of the molecule is COc1ccc(OC)c(/C=N\n2c(-c3n[nH]c4c3CCC4)n[nH]c2=S)c1. The molecule has 0 atom stereocenters. The Morgan fingerprint density at radius 1 is 1.19 bits per heavy atom. The monoisotopic (exact) mass is 370 g/mol. The molecule has 2 N–H and O–H groups in total. The summed E-state index contributed by atoms with van der Waals surface area (Å²) in [6.45, 7) is 0. The van der Waals surface area contributed by atoms with Gasteiger partial charge in [0.1, 0.15) is 17.2 Å². The molecule has 1 aliphatic carbocycles. The second kappa shape index (κ2) is 6.75. The van der Waals surface area contributed by atoms with Gasteiger partial charge in [0, 0.05) is 16.8 Å². The highest BCUT2D eigenvalue weighted by molar-refractivity contribution is 7.71. The van der Waals surface area contributed by atoms with Crippen LogP contribution in [-0.2, 0) is 12.8 Å². The highest BCUT2D eigenvalue weighted by Gasteiger charge is 2.23. The van der Waals surface area contributed by atoms with Gasteiger partial charge in [-0.05, 0) is 49.7 Å². The first kappa shape index (κ1) is 16.5. The maximum Gasteiger partial charge on any atom is 0.216 e. The Hall–Kier alpha value is -2.94. The van der Waals surface area contributed by atoms with E-state index in [4.69, 9.17) is 21.7 Å². The number of hydrogen-bond donors (Lipinski definition) is 2.